The Morgan fingerprint density at radius 3 is 2.62 bits per heavy atom. The number of hydrogen-bond donors (Lipinski definition) is 1. The van der Waals surface area contributed by atoms with E-state index in [1.165, 1.54) is 29.0 Å². The Bertz CT molecular complexity index is 457. The predicted octanol–water partition coefficient (Wildman–Crippen LogP) is 4.24. The third-order valence-electron chi connectivity index (χ3n) is 4.11. The van der Waals surface area contributed by atoms with Gasteiger partial charge in [0, 0.05) is 16.3 Å². The van der Waals surface area contributed by atoms with Gasteiger partial charge in [0.1, 0.15) is 6.17 Å². The monoisotopic (exact) mass is 308 g/mol. The molecule has 1 N–H and O–H groups in total. The number of aryl methyl sites for hydroxylation is 1. The summed E-state index contributed by atoms with van der Waals surface area (Å²) in [4.78, 5) is 17.3. The molecule has 2 rings (SSSR count). The summed E-state index contributed by atoms with van der Waals surface area (Å²) in [6, 6.07) is 4.32. The summed E-state index contributed by atoms with van der Waals surface area (Å²) >= 11 is 1.80. The molecule has 1 saturated heterocycles. The second-order valence-electron chi connectivity index (χ2n) is 5.95. The lowest BCUT2D eigenvalue weighted by Gasteiger charge is -2.23. The minimum Gasteiger partial charge on any atom is -0.321 e. The summed E-state index contributed by atoms with van der Waals surface area (Å²) in [5.41, 5.74) is 0. The molecule has 0 saturated carbocycles. The maximum atomic E-state index is 12.6. The summed E-state index contributed by atoms with van der Waals surface area (Å²) in [7, 11) is 0. The van der Waals surface area contributed by atoms with Gasteiger partial charge in [-0.05, 0) is 31.9 Å². The van der Waals surface area contributed by atoms with Gasteiger partial charge in [-0.2, -0.15) is 0 Å². The fraction of sp³-hybridized carbons (Fsp3) is 0.706. The normalized spacial score (nSPS) is 22.2. The highest BCUT2D eigenvalue weighted by molar-refractivity contribution is 7.12. The Morgan fingerprint density at radius 2 is 2.00 bits per heavy atom. The van der Waals surface area contributed by atoms with Crippen molar-refractivity contribution >= 4 is 17.2 Å². The molecule has 118 valence electrons. The molecular weight excluding hydrogens is 280 g/mol. The number of nitrogens with one attached hydrogen (secondary N) is 1. The van der Waals surface area contributed by atoms with Crippen LogP contribution in [-0.4, -0.2) is 23.4 Å². The Morgan fingerprint density at radius 1 is 1.19 bits per heavy atom. The predicted molar refractivity (Wildman–Crippen MR) is 89.5 cm³/mol. The maximum Gasteiger partial charge on any atom is 0.241 e. The lowest BCUT2D eigenvalue weighted by Crippen LogP contribution is -2.31. The fourth-order valence-corrected chi connectivity index (χ4v) is 3.91. The number of amides is 1. The van der Waals surface area contributed by atoms with Crippen LogP contribution in [0.2, 0.25) is 0 Å². The largest absolute Gasteiger partial charge is 0.321 e. The lowest BCUT2D eigenvalue weighted by atomic mass is 10.1. The number of hydrogen-bond acceptors (Lipinski definition) is 3. The first kappa shape index (κ1) is 16.5. The van der Waals surface area contributed by atoms with Gasteiger partial charge >= 0.3 is 0 Å². The number of nitrogens with zero attached hydrogens (tertiary/aromatic N) is 1. The molecule has 0 bridgehead atoms. The van der Waals surface area contributed by atoms with Gasteiger partial charge in [0.2, 0.25) is 5.91 Å². The van der Waals surface area contributed by atoms with E-state index in [1.807, 2.05) is 0 Å². The Labute approximate surface area is 132 Å². The minimum absolute atomic E-state index is 0.00795. The van der Waals surface area contributed by atoms with Gasteiger partial charge in [0.05, 0.1) is 6.04 Å². The number of thiophene rings is 1. The van der Waals surface area contributed by atoms with Gasteiger partial charge in [-0.15, -0.1) is 11.3 Å². The van der Waals surface area contributed by atoms with Crippen LogP contribution in [0, 0.1) is 6.92 Å². The van der Waals surface area contributed by atoms with Crippen molar-refractivity contribution in [3.05, 3.63) is 21.9 Å². The van der Waals surface area contributed by atoms with Crippen molar-refractivity contribution in [1.82, 2.24) is 10.2 Å². The average molecular weight is 308 g/mol. The van der Waals surface area contributed by atoms with E-state index in [4.69, 9.17) is 0 Å². The van der Waals surface area contributed by atoms with Crippen molar-refractivity contribution in [2.45, 2.75) is 71.5 Å². The first-order chi connectivity index (χ1) is 10.2. The molecule has 0 spiro atoms. The molecule has 1 aliphatic rings. The highest BCUT2D eigenvalue weighted by Gasteiger charge is 2.39. The second kappa shape index (κ2) is 7.95. The summed E-state index contributed by atoms with van der Waals surface area (Å²) < 4.78 is 0. The summed E-state index contributed by atoms with van der Waals surface area (Å²) in [5.74, 6) is 0.296. The van der Waals surface area contributed by atoms with E-state index < -0.39 is 0 Å². The van der Waals surface area contributed by atoms with Crippen LogP contribution in [0.4, 0.5) is 0 Å². The molecule has 21 heavy (non-hydrogen) atoms. The molecule has 2 heterocycles. The van der Waals surface area contributed by atoms with Crippen LogP contribution in [0.25, 0.3) is 0 Å². The van der Waals surface area contributed by atoms with Crippen LogP contribution in [0.3, 0.4) is 0 Å². The molecular formula is C17H28N2OS. The molecule has 4 heteroatoms. The van der Waals surface area contributed by atoms with Crippen molar-refractivity contribution in [3.63, 3.8) is 0 Å². The molecule has 1 aliphatic heterocycles. The van der Waals surface area contributed by atoms with Crippen LogP contribution in [0.5, 0.6) is 0 Å². The molecule has 3 nitrogen and oxygen atoms in total. The van der Waals surface area contributed by atoms with E-state index >= 15 is 0 Å². The van der Waals surface area contributed by atoms with Gasteiger partial charge in [0.25, 0.3) is 0 Å². The Balaban J connectivity index is 2.05. The van der Waals surface area contributed by atoms with Crippen LogP contribution in [-0.2, 0) is 4.79 Å². The van der Waals surface area contributed by atoms with Gasteiger partial charge in [-0.25, -0.2) is 0 Å². The fourth-order valence-electron chi connectivity index (χ4n) is 2.96. The van der Waals surface area contributed by atoms with Crippen molar-refractivity contribution in [3.8, 4) is 0 Å². The van der Waals surface area contributed by atoms with E-state index in [1.54, 1.807) is 11.3 Å². The zero-order chi connectivity index (χ0) is 15.2. The Hall–Kier alpha value is -0.870. The van der Waals surface area contributed by atoms with Crippen LogP contribution < -0.4 is 5.32 Å². The van der Waals surface area contributed by atoms with E-state index in [9.17, 15) is 4.79 Å². The van der Waals surface area contributed by atoms with Gasteiger partial charge in [-0.1, -0.05) is 39.5 Å². The zero-order valence-corrected chi connectivity index (χ0v) is 14.3. The quantitative estimate of drug-likeness (QED) is 0.729. The van der Waals surface area contributed by atoms with Crippen molar-refractivity contribution in [2.24, 2.45) is 0 Å². The lowest BCUT2D eigenvalue weighted by molar-refractivity contribution is -0.130. The van der Waals surface area contributed by atoms with E-state index in [0.29, 0.717) is 5.91 Å². The topological polar surface area (TPSA) is 32.3 Å². The molecule has 1 amide bonds. The van der Waals surface area contributed by atoms with E-state index in [-0.39, 0.29) is 12.2 Å². The third-order valence-corrected chi connectivity index (χ3v) is 5.17. The smallest absolute Gasteiger partial charge is 0.241 e. The van der Waals surface area contributed by atoms with Crippen LogP contribution >= 0.6 is 11.3 Å². The standard InChI is InChI=1S/C17H28N2OS/c1-4-6-7-8-12-19-16(15-11-10-13(3)21-15)18-14(9-5-2)17(19)20/h10-11,14,16,18H,4-9,12H2,1-3H3. The van der Waals surface area contributed by atoms with Crippen LogP contribution in [0.15, 0.2) is 12.1 Å². The molecule has 1 aromatic heterocycles. The van der Waals surface area contributed by atoms with E-state index in [0.717, 1.165) is 25.8 Å². The molecule has 0 radical (unpaired) electrons. The average Bonchev–Trinajstić information content (AvgIpc) is 3.01. The van der Waals surface area contributed by atoms with Gasteiger partial charge in [-0.3, -0.25) is 10.1 Å². The molecule has 2 atom stereocenters. The number of rotatable bonds is 8. The van der Waals surface area contributed by atoms with Crippen molar-refractivity contribution in [2.75, 3.05) is 6.54 Å². The first-order valence-corrected chi connectivity index (χ1v) is 9.11. The first-order valence-electron chi connectivity index (χ1n) is 8.30. The summed E-state index contributed by atoms with van der Waals surface area (Å²) in [5, 5.41) is 3.55. The van der Waals surface area contributed by atoms with E-state index in [2.05, 4.69) is 43.1 Å². The number of carbonyl (C=O) groups is 1. The van der Waals surface area contributed by atoms with Crippen molar-refractivity contribution < 1.29 is 4.79 Å². The molecule has 0 aromatic carbocycles. The van der Waals surface area contributed by atoms with Gasteiger partial charge < -0.3 is 4.90 Å². The van der Waals surface area contributed by atoms with Gasteiger partial charge in [0.15, 0.2) is 0 Å². The molecule has 1 aromatic rings. The Kier molecular flexibility index (Phi) is 6.24. The molecule has 0 aliphatic carbocycles. The van der Waals surface area contributed by atoms with Crippen LogP contribution in [0.1, 0.15) is 68.3 Å². The summed E-state index contributed by atoms with van der Waals surface area (Å²) in [6.45, 7) is 7.37. The minimum atomic E-state index is 0.00795. The third kappa shape index (κ3) is 4.07. The number of carbonyl (C=O) groups excluding carboxylic acids is 1. The highest BCUT2D eigenvalue weighted by Crippen LogP contribution is 2.31. The zero-order valence-electron chi connectivity index (χ0n) is 13.5. The number of unbranched alkanes of at least 4 members (excludes halogenated alkanes) is 3. The maximum absolute atomic E-state index is 12.6. The second-order valence-corrected chi connectivity index (χ2v) is 7.27. The van der Waals surface area contributed by atoms with Crippen molar-refractivity contribution in [1.29, 1.82) is 0 Å². The molecule has 1 fully saturated rings. The SMILES string of the molecule is CCCCCCN1C(=O)C(CCC)NC1c1ccc(C)s1. The highest BCUT2D eigenvalue weighted by atomic mass is 32.1. The molecule has 2 unspecified atom stereocenters. The summed E-state index contributed by atoms with van der Waals surface area (Å²) in [6.07, 6.45) is 6.90.